The SMILES string of the molecule is CCOC(=O)CS(=O)(=O)N(C/C=C/c1cccc(C#N)c1)c1ccc(O)c(Cl)c1. The first kappa shape index (κ1) is 22.3. The van der Waals surface area contributed by atoms with Crippen LogP contribution in [0.4, 0.5) is 5.69 Å². The first-order valence-corrected chi connectivity index (χ1v) is 10.6. The average Bonchev–Trinajstić information content (AvgIpc) is 2.67. The van der Waals surface area contributed by atoms with Gasteiger partial charge in [0.05, 0.1) is 35.5 Å². The number of phenols is 1. The lowest BCUT2D eigenvalue weighted by molar-refractivity contribution is -0.139. The summed E-state index contributed by atoms with van der Waals surface area (Å²) < 4.78 is 31.3. The zero-order valence-corrected chi connectivity index (χ0v) is 17.2. The Balaban J connectivity index is 2.33. The molecule has 0 saturated heterocycles. The van der Waals surface area contributed by atoms with Crippen LogP contribution >= 0.6 is 11.6 Å². The zero-order valence-electron chi connectivity index (χ0n) is 15.6. The normalized spacial score (nSPS) is 11.2. The summed E-state index contributed by atoms with van der Waals surface area (Å²) in [5.74, 6) is -1.90. The molecule has 0 aliphatic carbocycles. The van der Waals surface area contributed by atoms with Gasteiger partial charge in [-0.3, -0.25) is 9.10 Å². The van der Waals surface area contributed by atoms with Crippen molar-refractivity contribution in [2.45, 2.75) is 6.92 Å². The largest absolute Gasteiger partial charge is 0.506 e. The third-order valence-corrected chi connectivity index (χ3v) is 5.69. The van der Waals surface area contributed by atoms with Crippen molar-refractivity contribution in [3.63, 3.8) is 0 Å². The van der Waals surface area contributed by atoms with E-state index in [1.54, 1.807) is 43.3 Å². The molecule has 152 valence electrons. The lowest BCUT2D eigenvalue weighted by Crippen LogP contribution is -2.36. The van der Waals surface area contributed by atoms with Crippen LogP contribution in [0.2, 0.25) is 5.02 Å². The van der Waals surface area contributed by atoms with Gasteiger partial charge >= 0.3 is 5.97 Å². The summed E-state index contributed by atoms with van der Waals surface area (Å²) in [5.41, 5.74) is 1.38. The number of aromatic hydroxyl groups is 1. The molecule has 0 spiro atoms. The number of phenolic OH excluding ortho intramolecular Hbond substituents is 1. The molecule has 0 unspecified atom stereocenters. The van der Waals surface area contributed by atoms with E-state index < -0.39 is 21.7 Å². The molecule has 29 heavy (non-hydrogen) atoms. The lowest BCUT2D eigenvalue weighted by atomic mass is 10.1. The maximum Gasteiger partial charge on any atom is 0.323 e. The number of hydrogen-bond acceptors (Lipinski definition) is 6. The molecule has 0 radical (unpaired) electrons. The van der Waals surface area contributed by atoms with E-state index in [1.807, 2.05) is 6.07 Å². The molecule has 0 aromatic heterocycles. The highest BCUT2D eigenvalue weighted by atomic mass is 35.5. The van der Waals surface area contributed by atoms with Gasteiger partial charge in [0.2, 0.25) is 10.0 Å². The van der Waals surface area contributed by atoms with Crippen molar-refractivity contribution in [1.82, 2.24) is 0 Å². The topological polar surface area (TPSA) is 108 Å². The summed E-state index contributed by atoms with van der Waals surface area (Å²) in [6.07, 6.45) is 3.25. The van der Waals surface area contributed by atoms with E-state index >= 15 is 0 Å². The standard InChI is InChI=1S/C20H19ClN2O5S/c1-2-28-20(25)14-29(26,27)23(17-8-9-19(24)18(21)12-17)10-4-7-15-5-3-6-16(11-15)13-22/h3-9,11-12,24H,2,10,14H2,1H3/b7-4+. The van der Waals surface area contributed by atoms with Gasteiger partial charge in [-0.25, -0.2) is 8.42 Å². The van der Waals surface area contributed by atoms with Crippen LogP contribution in [0.3, 0.4) is 0 Å². The highest BCUT2D eigenvalue weighted by molar-refractivity contribution is 7.93. The molecule has 0 saturated carbocycles. The van der Waals surface area contributed by atoms with Gasteiger partial charge in [-0.2, -0.15) is 5.26 Å². The van der Waals surface area contributed by atoms with E-state index in [0.717, 1.165) is 9.87 Å². The van der Waals surface area contributed by atoms with Crippen molar-refractivity contribution >= 4 is 39.4 Å². The van der Waals surface area contributed by atoms with Gasteiger partial charge in [-0.1, -0.05) is 35.9 Å². The van der Waals surface area contributed by atoms with Crippen molar-refractivity contribution in [2.24, 2.45) is 0 Å². The lowest BCUT2D eigenvalue weighted by Gasteiger charge is -2.23. The Morgan fingerprint density at radius 1 is 1.31 bits per heavy atom. The minimum atomic E-state index is -4.08. The maximum atomic E-state index is 12.8. The molecule has 0 atom stereocenters. The Kier molecular flexibility index (Phi) is 7.65. The number of benzene rings is 2. The molecule has 0 aliphatic heterocycles. The minimum Gasteiger partial charge on any atom is -0.506 e. The number of hydrogen-bond donors (Lipinski definition) is 1. The van der Waals surface area contributed by atoms with Gasteiger partial charge in [0.25, 0.3) is 0 Å². The van der Waals surface area contributed by atoms with E-state index in [4.69, 9.17) is 21.6 Å². The maximum absolute atomic E-state index is 12.8. The summed E-state index contributed by atoms with van der Waals surface area (Å²) in [5, 5.41) is 18.5. The van der Waals surface area contributed by atoms with E-state index in [0.29, 0.717) is 5.56 Å². The molecule has 0 fully saturated rings. The second kappa shape index (κ2) is 9.96. The van der Waals surface area contributed by atoms with Gasteiger partial charge in [0.1, 0.15) is 5.75 Å². The number of anilines is 1. The first-order valence-electron chi connectivity index (χ1n) is 8.58. The predicted octanol–water partition coefficient (Wildman–Crippen LogP) is 3.33. The van der Waals surface area contributed by atoms with Gasteiger partial charge in [-0.15, -0.1) is 0 Å². The predicted molar refractivity (Wildman–Crippen MR) is 111 cm³/mol. The van der Waals surface area contributed by atoms with Crippen LogP contribution in [0.1, 0.15) is 18.1 Å². The number of nitriles is 1. The molecule has 2 rings (SSSR count). The smallest absolute Gasteiger partial charge is 0.323 e. The number of halogens is 1. The summed E-state index contributed by atoms with van der Waals surface area (Å²) >= 11 is 5.92. The van der Waals surface area contributed by atoms with Crippen molar-refractivity contribution in [1.29, 1.82) is 5.26 Å². The van der Waals surface area contributed by atoms with E-state index in [-0.39, 0.29) is 29.6 Å². The monoisotopic (exact) mass is 434 g/mol. The fourth-order valence-corrected chi connectivity index (χ4v) is 3.92. The molecule has 0 bridgehead atoms. The molecular weight excluding hydrogens is 416 g/mol. The van der Waals surface area contributed by atoms with Gasteiger partial charge in [-0.05, 0) is 42.8 Å². The number of carbonyl (C=O) groups is 1. The quantitative estimate of drug-likeness (QED) is 0.638. The minimum absolute atomic E-state index is 0.0236. The van der Waals surface area contributed by atoms with Crippen LogP contribution in [-0.2, 0) is 19.6 Å². The fraction of sp³-hybridized carbons (Fsp3) is 0.200. The van der Waals surface area contributed by atoms with Crippen LogP contribution in [0.5, 0.6) is 5.75 Å². The van der Waals surface area contributed by atoms with E-state index in [9.17, 15) is 18.3 Å². The summed E-state index contributed by atoms with van der Waals surface area (Å²) in [7, 11) is -4.08. The molecule has 7 nitrogen and oxygen atoms in total. The van der Waals surface area contributed by atoms with Crippen LogP contribution in [0.15, 0.2) is 48.5 Å². The van der Waals surface area contributed by atoms with Crippen molar-refractivity contribution < 1.29 is 23.1 Å². The second-order valence-corrected chi connectivity index (χ2v) is 8.17. The van der Waals surface area contributed by atoms with Gasteiger partial charge < -0.3 is 9.84 Å². The van der Waals surface area contributed by atoms with Crippen LogP contribution in [0, 0.1) is 11.3 Å². The Bertz CT molecular complexity index is 1060. The van der Waals surface area contributed by atoms with Crippen molar-refractivity contribution in [3.05, 3.63) is 64.7 Å². The molecule has 2 aromatic carbocycles. The number of sulfonamides is 1. The summed E-state index contributed by atoms with van der Waals surface area (Å²) in [6.45, 7) is 1.55. The Morgan fingerprint density at radius 2 is 2.07 bits per heavy atom. The number of nitrogens with zero attached hydrogens (tertiary/aromatic N) is 2. The van der Waals surface area contributed by atoms with Crippen LogP contribution < -0.4 is 4.31 Å². The Labute approximate surface area is 174 Å². The Hall–Kier alpha value is -3.02. The number of rotatable bonds is 8. The molecule has 0 aliphatic rings. The molecular formula is C20H19ClN2O5S. The molecule has 2 aromatic rings. The molecule has 1 N–H and O–H groups in total. The molecule has 0 heterocycles. The zero-order chi connectivity index (χ0) is 21.4. The fourth-order valence-electron chi connectivity index (χ4n) is 2.46. The van der Waals surface area contributed by atoms with Gasteiger partial charge in [0, 0.05) is 0 Å². The number of ether oxygens (including phenoxy) is 1. The number of esters is 1. The van der Waals surface area contributed by atoms with E-state index in [2.05, 4.69) is 0 Å². The van der Waals surface area contributed by atoms with Crippen molar-refractivity contribution in [2.75, 3.05) is 23.2 Å². The second-order valence-electron chi connectivity index (χ2n) is 5.87. The van der Waals surface area contributed by atoms with Crippen LogP contribution in [-0.4, -0.2) is 38.4 Å². The Morgan fingerprint density at radius 3 is 2.72 bits per heavy atom. The van der Waals surface area contributed by atoms with Gasteiger partial charge in [0.15, 0.2) is 5.75 Å². The molecule has 9 heteroatoms. The third kappa shape index (κ3) is 6.24. The summed E-state index contributed by atoms with van der Waals surface area (Å²) in [4.78, 5) is 11.7. The first-order chi connectivity index (χ1) is 13.8. The highest BCUT2D eigenvalue weighted by Crippen LogP contribution is 2.29. The summed E-state index contributed by atoms with van der Waals surface area (Å²) in [6, 6.07) is 12.8. The van der Waals surface area contributed by atoms with E-state index in [1.165, 1.54) is 18.2 Å². The highest BCUT2D eigenvalue weighted by Gasteiger charge is 2.26. The average molecular weight is 435 g/mol. The number of carbonyl (C=O) groups excluding carboxylic acids is 1. The van der Waals surface area contributed by atoms with Crippen molar-refractivity contribution in [3.8, 4) is 11.8 Å². The third-order valence-electron chi connectivity index (χ3n) is 3.76. The van der Waals surface area contributed by atoms with Crippen LogP contribution in [0.25, 0.3) is 6.08 Å². The molecule has 0 amide bonds.